The van der Waals surface area contributed by atoms with Crippen LogP contribution in [-0.4, -0.2) is 4.98 Å². The minimum absolute atomic E-state index is 0.670. The molecule has 1 saturated carbocycles. The molecule has 1 fully saturated rings. The van der Waals surface area contributed by atoms with Gasteiger partial charge in [0.05, 0.1) is 5.69 Å². The lowest BCUT2D eigenvalue weighted by atomic mass is 9.87. The molecule has 1 aromatic carbocycles. The van der Waals surface area contributed by atoms with Crippen molar-refractivity contribution < 1.29 is 0 Å². The van der Waals surface area contributed by atoms with E-state index in [1.807, 2.05) is 6.07 Å². The van der Waals surface area contributed by atoms with Crippen LogP contribution >= 0.6 is 11.3 Å². The summed E-state index contributed by atoms with van der Waals surface area (Å²) in [6.07, 6.45) is 6.65. The van der Waals surface area contributed by atoms with Crippen LogP contribution in [0, 0.1) is 0 Å². The normalized spacial score (nSPS) is 16.9. The van der Waals surface area contributed by atoms with Gasteiger partial charge in [-0.05, 0) is 18.8 Å². The number of rotatable bonds is 2. The van der Waals surface area contributed by atoms with Crippen molar-refractivity contribution >= 4 is 16.5 Å². The summed E-state index contributed by atoms with van der Waals surface area (Å²) < 4.78 is 0. The molecule has 18 heavy (non-hydrogen) atoms. The van der Waals surface area contributed by atoms with Gasteiger partial charge in [-0.25, -0.2) is 4.98 Å². The van der Waals surface area contributed by atoms with E-state index in [-0.39, 0.29) is 0 Å². The van der Waals surface area contributed by atoms with Crippen molar-refractivity contribution in [1.82, 2.24) is 4.98 Å². The van der Waals surface area contributed by atoms with E-state index < -0.39 is 0 Å². The third kappa shape index (κ3) is 2.27. The molecule has 1 heterocycles. The molecule has 2 nitrogen and oxygen atoms in total. The van der Waals surface area contributed by atoms with Gasteiger partial charge in [0.15, 0.2) is 5.13 Å². The number of anilines is 1. The fraction of sp³-hybridized carbons (Fsp3) is 0.400. The molecule has 2 N–H and O–H groups in total. The Morgan fingerprint density at radius 3 is 2.50 bits per heavy atom. The van der Waals surface area contributed by atoms with Gasteiger partial charge in [0.1, 0.15) is 0 Å². The van der Waals surface area contributed by atoms with Gasteiger partial charge in [-0.3, -0.25) is 0 Å². The number of thiazole rings is 1. The smallest absolute Gasteiger partial charge is 0.180 e. The zero-order chi connectivity index (χ0) is 12.4. The molecular weight excluding hydrogens is 240 g/mol. The summed E-state index contributed by atoms with van der Waals surface area (Å²) in [7, 11) is 0. The third-order valence-electron chi connectivity index (χ3n) is 3.69. The van der Waals surface area contributed by atoms with Crippen LogP contribution in [0.2, 0.25) is 0 Å². The second kappa shape index (κ2) is 5.11. The van der Waals surface area contributed by atoms with Gasteiger partial charge >= 0.3 is 0 Å². The lowest BCUT2D eigenvalue weighted by molar-refractivity contribution is 0.448. The number of hydrogen-bond donors (Lipinski definition) is 1. The zero-order valence-corrected chi connectivity index (χ0v) is 11.2. The van der Waals surface area contributed by atoms with Gasteiger partial charge < -0.3 is 5.73 Å². The summed E-state index contributed by atoms with van der Waals surface area (Å²) in [6, 6.07) is 10.4. The Labute approximate surface area is 112 Å². The molecule has 0 unspecified atom stereocenters. The topological polar surface area (TPSA) is 38.9 Å². The number of benzene rings is 1. The van der Waals surface area contributed by atoms with E-state index in [9.17, 15) is 0 Å². The second-order valence-electron chi connectivity index (χ2n) is 4.97. The first-order valence-electron chi connectivity index (χ1n) is 6.66. The Kier molecular flexibility index (Phi) is 3.33. The SMILES string of the molecule is Nc1nc(-c2ccccc2)c(C2CCCCC2)s1. The maximum absolute atomic E-state index is 5.93. The van der Waals surface area contributed by atoms with Crippen LogP contribution in [0.3, 0.4) is 0 Å². The largest absolute Gasteiger partial charge is 0.375 e. The monoisotopic (exact) mass is 258 g/mol. The molecule has 1 aliphatic carbocycles. The van der Waals surface area contributed by atoms with Gasteiger partial charge in [0.2, 0.25) is 0 Å². The van der Waals surface area contributed by atoms with Crippen molar-refractivity contribution in [2.45, 2.75) is 38.0 Å². The molecule has 1 aliphatic rings. The van der Waals surface area contributed by atoms with Crippen LogP contribution < -0.4 is 5.73 Å². The molecule has 3 rings (SSSR count). The third-order valence-corrected chi connectivity index (χ3v) is 4.74. The summed E-state index contributed by atoms with van der Waals surface area (Å²) in [5, 5.41) is 0.703. The molecule has 1 aromatic heterocycles. The Balaban J connectivity index is 1.99. The number of nitrogen functional groups attached to an aromatic ring is 1. The van der Waals surface area contributed by atoms with E-state index in [0.717, 1.165) is 5.69 Å². The highest BCUT2D eigenvalue weighted by Crippen LogP contribution is 2.41. The van der Waals surface area contributed by atoms with Crippen molar-refractivity contribution in [2.75, 3.05) is 5.73 Å². The summed E-state index contributed by atoms with van der Waals surface area (Å²) in [5.41, 5.74) is 8.25. The molecule has 2 aromatic rings. The van der Waals surface area contributed by atoms with Crippen molar-refractivity contribution in [1.29, 1.82) is 0 Å². The highest BCUT2D eigenvalue weighted by Gasteiger charge is 2.22. The second-order valence-corrected chi connectivity index (χ2v) is 6.03. The summed E-state index contributed by atoms with van der Waals surface area (Å²) >= 11 is 1.68. The Morgan fingerprint density at radius 2 is 1.78 bits per heavy atom. The van der Waals surface area contributed by atoms with E-state index in [2.05, 4.69) is 29.2 Å². The molecule has 0 bridgehead atoms. The van der Waals surface area contributed by atoms with E-state index in [1.54, 1.807) is 11.3 Å². The van der Waals surface area contributed by atoms with Gasteiger partial charge in [-0.15, -0.1) is 11.3 Å². The van der Waals surface area contributed by atoms with Gasteiger partial charge in [-0.2, -0.15) is 0 Å². The number of hydrogen-bond acceptors (Lipinski definition) is 3. The van der Waals surface area contributed by atoms with Crippen molar-refractivity contribution in [3.63, 3.8) is 0 Å². The Morgan fingerprint density at radius 1 is 1.06 bits per heavy atom. The molecule has 0 radical (unpaired) electrons. The van der Waals surface area contributed by atoms with Crippen LogP contribution in [0.15, 0.2) is 30.3 Å². The van der Waals surface area contributed by atoms with Crippen LogP contribution in [0.25, 0.3) is 11.3 Å². The number of aromatic nitrogens is 1. The molecule has 0 aliphatic heterocycles. The zero-order valence-electron chi connectivity index (χ0n) is 10.4. The van der Waals surface area contributed by atoms with Crippen LogP contribution in [0.4, 0.5) is 5.13 Å². The van der Waals surface area contributed by atoms with E-state index in [4.69, 9.17) is 5.73 Å². The van der Waals surface area contributed by atoms with Crippen molar-refractivity contribution in [3.8, 4) is 11.3 Å². The molecule has 3 heteroatoms. The van der Waals surface area contributed by atoms with Crippen molar-refractivity contribution in [2.24, 2.45) is 0 Å². The standard InChI is InChI=1S/C15H18N2S/c16-15-17-13(11-7-3-1-4-8-11)14(18-15)12-9-5-2-6-10-12/h1,3-4,7-8,12H,2,5-6,9-10H2,(H2,16,17). The molecule has 94 valence electrons. The fourth-order valence-electron chi connectivity index (χ4n) is 2.79. The minimum Gasteiger partial charge on any atom is -0.375 e. The maximum atomic E-state index is 5.93. The number of nitrogens with two attached hydrogens (primary N) is 1. The Hall–Kier alpha value is -1.35. The maximum Gasteiger partial charge on any atom is 0.180 e. The molecular formula is C15H18N2S. The molecule has 0 atom stereocenters. The molecule has 0 saturated heterocycles. The van der Waals surface area contributed by atoms with Gasteiger partial charge in [0.25, 0.3) is 0 Å². The van der Waals surface area contributed by atoms with Crippen LogP contribution in [0.5, 0.6) is 0 Å². The predicted octanol–water partition coefficient (Wildman–Crippen LogP) is 4.44. The summed E-state index contributed by atoms with van der Waals surface area (Å²) in [4.78, 5) is 5.95. The van der Waals surface area contributed by atoms with Crippen LogP contribution in [-0.2, 0) is 0 Å². The minimum atomic E-state index is 0.670. The quantitative estimate of drug-likeness (QED) is 0.865. The van der Waals surface area contributed by atoms with E-state index in [0.29, 0.717) is 11.0 Å². The first kappa shape index (κ1) is 11.7. The van der Waals surface area contributed by atoms with E-state index >= 15 is 0 Å². The first-order valence-corrected chi connectivity index (χ1v) is 7.48. The number of nitrogens with zero attached hydrogens (tertiary/aromatic N) is 1. The van der Waals surface area contributed by atoms with Crippen molar-refractivity contribution in [3.05, 3.63) is 35.2 Å². The lowest BCUT2D eigenvalue weighted by Gasteiger charge is -2.21. The van der Waals surface area contributed by atoms with E-state index in [1.165, 1.54) is 42.5 Å². The van der Waals surface area contributed by atoms with Crippen LogP contribution in [0.1, 0.15) is 42.9 Å². The highest BCUT2D eigenvalue weighted by atomic mass is 32.1. The average molecular weight is 258 g/mol. The summed E-state index contributed by atoms with van der Waals surface area (Å²) in [6.45, 7) is 0. The fourth-order valence-corrected chi connectivity index (χ4v) is 3.82. The molecule has 0 spiro atoms. The average Bonchev–Trinajstić information content (AvgIpc) is 2.83. The van der Waals surface area contributed by atoms with Gasteiger partial charge in [-0.1, -0.05) is 49.6 Å². The first-order chi connectivity index (χ1) is 8.84. The van der Waals surface area contributed by atoms with Gasteiger partial charge in [0, 0.05) is 10.4 Å². The highest BCUT2D eigenvalue weighted by molar-refractivity contribution is 7.15. The Bertz CT molecular complexity index is 513. The molecule has 0 amide bonds. The predicted molar refractivity (Wildman–Crippen MR) is 77.8 cm³/mol. The summed E-state index contributed by atoms with van der Waals surface area (Å²) in [5.74, 6) is 0.670. The lowest BCUT2D eigenvalue weighted by Crippen LogP contribution is -2.03.